The van der Waals surface area contributed by atoms with Gasteiger partial charge in [0.05, 0.1) is 6.54 Å². The normalized spacial score (nSPS) is 18.3. The molecule has 1 aliphatic rings. The molecule has 1 heterocycles. The summed E-state index contributed by atoms with van der Waals surface area (Å²) in [5.74, 6) is 0.0605. The van der Waals surface area contributed by atoms with Crippen molar-refractivity contribution in [3.8, 4) is 0 Å². The number of nitrogens with zero attached hydrogens (tertiary/aromatic N) is 1. The lowest BCUT2D eigenvalue weighted by atomic mass is 10.0. The van der Waals surface area contributed by atoms with Crippen LogP contribution in [0.4, 0.5) is 0 Å². The van der Waals surface area contributed by atoms with Gasteiger partial charge in [-0.3, -0.25) is 9.59 Å². The van der Waals surface area contributed by atoms with E-state index in [1.54, 1.807) is 4.90 Å². The molecule has 0 radical (unpaired) electrons. The van der Waals surface area contributed by atoms with Gasteiger partial charge in [0, 0.05) is 25.6 Å². The van der Waals surface area contributed by atoms with E-state index in [4.69, 9.17) is 0 Å². The third kappa shape index (κ3) is 7.46. The minimum absolute atomic E-state index is 0.0468. The Bertz CT molecular complexity index is 315. The summed E-state index contributed by atoms with van der Waals surface area (Å²) in [6.45, 7) is 6.66. The van der Waals surface area contributed by atoms with E-state index in [-0.39, 0.29) is 18.4 Å². The highest BCUT2D eigenvalue weighted by Gasteiger charge is 2.19. The van der Waals surface area contributed by atoms with E-state index in [1.165, 1.54) is 12.8 Å². The van der Waals surface area contributed by atoms with Crippen molar-refractivity contribution < 1.29 is 9.59 Å². The molecule has 122 valence electrons. The van der Waals surface area contributed by atoms with Gasteiger partial charge in [-0.1, -0.05) is 20.3 Å². The first-order chi connectivity index (χ1) is 10.2. The van der Waals surface area contributed by atoms with E-state index >= 15 is 0 Å². The number of hydrogen-bond acceptors (Lipinski definition) is 3. The topological polar surface area (TPSA) is 61.4 Å². The lowest BCUT2D eigenvalue weighted by Gasteiger charge is -2.25. The quantitative estimate of drug-likeness (QED) is 0.680. The molecule has 0 saturated carbocycles. The molecule has 0 aromatic carbocycles. The Hall–Kier alpha value is -1.10. The molecule has 1 fully saturated rings. The summed E-state index contributed by atoms with van der Waals surface area (Å²) < 4.78 is 0. The van der Waals surface area contributed by atoms with Crippen LogP contribution in [0.25, 0.3) is 0 Å². The molecule has 2 amide bonds. The number of carbonyl (C=O) groups is 2. The van der Waals surface area contributed by atoms with Crippen molar-refractivity contribution in [2.45, 2.75) is 64.8 Å². The predicted octanol–water partition coefficient (Wildman–Crippen LogP) is 1.67. The Kier molecular flexibility index (Phi) is 9.06. The van der Waals surface area contributed by atoms with Gasteiger partial charge < -0.3 is 15.5 Å². The first-order valence-corrected chi connectivity index (χ1v) is 8.45. The van der Waals surface area contributed by atoms with E-state index in [0.29, 0.717) is 25.6 Å². The fraction of sp³-hybridized carbons (Fsp3) is 0.875. The molecule has 5 nitrogen and oxygen atoms in total. The summed E-state index contributed by atoms with van der Waals surface area (Å²) in [5, 5.41) is 6.30. The van der Waals surface area contributed by atoms with E-state index in [1.807, 2.05) is 13.8 Å². The van der Waals surface area contributed by atoms with Crippen LogP contribution in [-0.2, 0) is 9.59 Å². The molecule has 5 heteroatoms. The minimum atomic E-state index is -0.0468. The van der Waals surface area contributed by atoms with Crippen LogP contribution in [0.1, 0.15) is 58.8 Å². The second kappa shape index (κ2) is 10.6. The third-order valence-electron chi connectivity index (χ3n) is 3.87. The van der Waals surface area contributed by atoms with Gasteiger partial charge in [-0.15, -0.1) is 0 Å². The van der Waals surface area contributed by atoms with Gasteiger partial charge in [0.25, 0.3) is 0 Å². The zero-order valence-corrected chi connectivity index (χ0v) is 13.6. The maximum absolute atomic E-state index is 12.3. The summed E-state index contributed by atoms with van der Waals surface area (Å²) in [7, 11) is 0. The SMILES string of the molecule is CCCNC(=O)CN(CCC)C(=O)CCC1CCCCN1. The molecule has 0 aromatic heterocycles. The molecular weight excluding hydrogens is 266 g/mol. The number of carbonyl (C=O) groups excluding carboxylic acids is 2. The van der Waals surface area contributed by atoms with Crippen LogP contribution >= 0.6 is 0 Å². The van der Waals surface area contributed by atoms with Gasteiger partial charge in [0.2, 0.25) is 11.8 Å². The van der Waals surface area contributed by atoms with E-state index in [9.17, 15) is 9.59 Å². The maximum Gasteiger partial charge on any atom is 0.239 e. The Morgan fingerprint density at radius 3 is 2.67 bits per heavy atom. The Labute approximate surface area is 128 Å². The van der Waals surface area contributed by atoms with Gasteiger partial charge in [-0.25, -0.2) is 0 Å². The number of nitrogens with one attached hydrogen (secondary N) is 2. The molecule has 0 spiro atoms. The van der Waals surface area contributed by atoms with Gasteiger partial charge in [-0.2, -0.15) is 0 Å². The van der Waals surface area contributed by atoms with Crippen LogP contribution in [0.5, 0.6) is 0 Å². The highest BCUT2D eigenvalue weighted by atomic mass is 16.2. The van der Waals surface area contributed by atoms with Crippen molar-refractivity contribution in [1.82, 2.24) is 15.5 Å². The molecule has 0 aliphatic carbocycles. The molecule has 1 unspecified atom stereocenters. The van der Waals surface area contributed by atoms with Crippen molar-refractivity contribution in [2.75, 3.05) is 26.2 Å². The van der Waals surface area contributed by atoms with Crippen LogP contribution in [0.2, 0.25) is 0 Å². The Morgan fingerprint density at radius 1 is 1.24 bits per heavy atom. The first kappa shape index (κ1) is 18.0. The highest BCUT2D eigenvalue weighted by molar-refractivity contribution is 5.84. The average molecular weight is 297 g/mol. The van der Waals surface area contributed by atoms with E-state index in [0.717, 1.165) is 32.2 Å². The predicted molar refractivity (Wildman–Crippen MR) is 85.0 cm³/mol. The number of piperidine rings is 1. The average Bonchev–Trinajstić information content (AvgIpc) is 2.51. The van der Waals surface area contributed by atoms with Crippen molar-refractivity contribution in [1.29, 1.82) is 0 Å². The summed E-state index contributed by atoms with van der Waals surface area (Å²) in [5.41, 5.74) is 0. The molecule has 0 aromatic rings. The molecule has 1 rings (SSSR count). The lowest BCUT2D eigenvalue weighted by molar-refractivity contribution is -0.136. The Morgan fingerprint density at radius 2 is 2.05 bits per heavy atom. The van der Waals surface area contributed by atoms with Crippen molar-refractivity contribution in [3.63, 3.8) is 0 Å². The van der Waals surface area contributed by atoms with Crippen molar-refractivity contribution in [3.05, 3.63) is 0 Å². The van der Waals surface area contributed by atoms with Crippen molar-refractivity contribution >= 4 is 11.8 Å². The molecule has 2 N–H and O–H groups in total. The molecule has 0 bridgehead atoms. The smallest absolute Gasteiger partial charge is 0.239 e. The monoisotopic (exact) mass is 297 g/mol. The largest absolute Gasteiger partial charge is 0.355 e. The second-order valence-electron chi connectivity index (χ2n) is 5.85. The number of hydrogen-bond donors (Lipinski definition) is 2. The van der Waals surface area contributed by atoms with Crippen LogP contribution in [0.15, 0.2) is 0 Å². The zero-order chi connectivity index (χ0) is 15.5. The van der Waals surface area contributed by atoms with Crippen molar-refractivity contribution in [2.24, 2.45) is 0 Å². The fourth-order valence-corrected chi connectivity index (χ4v) is 2.68. The second-order valence-corrected chi connectivity index (χ2v) is 5.85. The van der Waals surface area contributed by atoms with E-state index < -0.39 is 0 Å². The van der Waals surface area contributed by atoms with Crippen LogP contribution in [0, 0.1) is 0 Å². The molecule has 1 aliphatic heterocycles. The first-order valence-electron chi connectivity index (χ1n) is 8.45. The van der Waals surface area contributed by atoms with Gasteiger partial charge >= 0.3 is 0 Å². The Balaban J connectivity index is 2.35. The standard InChI is InChI=1S/C16H31N3O2/c1-3-10-18-15(20)13-19(12-4-2)16(21)9-8-14-7-5-6-11-17-14/h14,17H,3-13H2,1-2H3,(H,18,20). The van der Waals surface area contributed by atoms with Gasteiger partial charge in [0.1, 0.15) is 0 Å². The minimum Gasteiger partial charge on any atom is -0.355 e. The fourth-order valence-electron chi connectivity index (χ4n) is 2.68. The molecule has 1 saturated heterocycles. The summed E-state index contributed by atoms with van der Waals surface area (Å²) in [6, 6.07) is 0.472. The van der Waals surface area contributed by atoms with Gasteiger partial charge in [0.15, 0.2) is 0 Å². The van der Waals surface area contributed by atoms with Crippen LogP contribution in [0.3, 0.4) is 0 Å². The number of rotatable bonds is 9. The maximum atomic E-state index is 12.3. The van der Waals surface area contributed by atoms with E-state index in [2.05, 4.69) is 10.6 Å². The van der Waals surface area contributed by atoms with Crippen LogP contribution in [-0.4, -0.2) is 48.9 Å². The van der Waals surface area contributed by atoms with Gasteiger partial charge in [-0.05, 0) is 38.6 Å². The summed E-state index contributed by atoms with van der Waals surface area (Å²) in [6.07, 6.45) is 6.88. The highest BCUT2D eigenvalue weighted by Crippen LogP contribution is 2.12. The number of amides is 2. The third-order valence-corrected chi connectivity index (χ3v) is 3.87. The molecular formula is C16H31N3O2. The molecule has 21 heavy (non-hydrogen) atoms. The zero-order valence-electron chi connectivity index (χ0n) is 13.6. The summed E-state index contributed by atoms with van der Waals surface area (Å²) in [4.78, 5) is 25.8. The van der Waals surface area contributed by atoms with Crippen LogP contribution < -0.4 is 10.6 Å². The molecule has 1 atom stereocenters. The lowest BCUT2D eigenvalue weighted by Crippen LogP contribution is -2.42. The summed E-state index contributed by atoms with van der Waals surface area (Å²) >= 11 is 0.